The number of likely N-dealkylation sites (N-methyl/N-ethyl adjacent to an activating group) is 1. The van der Waals surface area contributed by atoms with E-state index < -0.39 is 0 Å². The van der Waals surface area contributed by atoms with E-state index in [2.05, 4.69) is 29.2 Å². The molecule has 0 spiro atoms. The van der Waals surface area contributed by atoms with Crippen molar-refractivity contribution in [3.63, 3.8) is 0 Å². The summed E-state index contributed by atoms with van der Waals surface area (Å²) in [5.74, 6) is 0.0553. The predicted octanol–water partition coefficient (Wildman–Crippen LogP) is 3.32. The van der Waals surface area contributed by atoms with Crippen molar-refractivity contribution in [2.45, 2.75) is 25.8 Å². The van der Waals surface area contributed by atoms with Crippen LogP contribution >= 0.6 is 0 Å². The van der Waals surface area contributed by atoms with Gasteiger partial charge in [-0.3, -0.25) is 4.79 Å². The van der Waals surface area contributed by atoms with Gasteiger partial charge in [0.1, 0.15) is 0 Å². The quantitative estimate of drug-likeness (QED) is 0.882. The first-order valence-corrected chi connectivity index (χ1v) is 8.49. The molecule has 3 rings (SSSR count). The van der Waals surface area contributed by atoms with Gasteiger partial charge in [-0.25, -0.2) is 0 Å². The second-order valence-electron chi connectivity index (χ2n) is 6.57. The largest absolute Gasteiger partial charge is 0.399 e. The third-order valence-electron chi connectivity index (χ3n) is 4.88. The summed E-state index contributed by atoms with van der Waals surface area (Å²) < 4.78 is 0. The van der Waals surface area contributed by atoms with Crippen LogP contribution in [0.15, 0.2) is 48.5 Å². The molecular weight excluding hydrogens is 298 g/mol. The van der Waals surface area contributed by atoms with Crippen molar-refractivity contribution in [2.75, 3.05) is 30.8 Å². The highest BCUT2D eigenvalue weighted by Crippen LogP contribution is 2.23. The molecule has 1 unspecified atom stereocenters. The number of rotatable bonds is 3. The van der Waals surface area contributed by atoms with E-state index in [1.54, 1.807) is 6.07 Å². The minimum absolute atomic E-state index is 0.0553. The molecule has 4 nitrogen and oxygen atoms in total. The van der Waals surface area contributed by atoms with Gasteiger partial charge in [0.15, 0.2) is 0 Å². The zero-order valence-electron chi connectivity index (χ0n) is 14.4. The SMILES string of the molecule is Cc1ccc(N)cc1C(=O)N(C)C1CCCN(c2ccccc2)C1. The molecule has 24 heavy (non-hydrogen) atoms. The number of nitrogen functional groups attached to an aromatic ring is 1. The van der Waals surface area contributed by atoms with Gasteiger partial charge in [-0.15, -0.1) is 0 Å². The van der Waals surface area contributed by atoms with Gasteiger partial charge in [0, 0.05) is 43.1 Å². The maximum absolute atomic E-state index is 12.9. The van der Waals surface area contributed by atoms with Crippen LogP contribution in [-0.4, -0.2) is 37.0 Å². The van der Waals surface area contributed by atoms with Crippen molar-refractivity contribution < 1.29 is 4.79 Å². The molecule has 1 heterocycles. The van der Waals surface area contributed by atoms with Crippen LogP contribution in [0, 0.1) is 6.92 Å². The molecule has 1 fully saturated rings. The number of benzene rings is 2. The number of carbonyl (C=O) groups is 1. The zero-order valence-corrected chi connectivity index (χ0v) is 14.4. The summed E-state index contributed by atoms with van der Waals surface area (Å²) in [7, 11) is 1.91. The molecule has 2 N–H and O–H groups in total. The highest BCUT2D eigenvalue weighted by Gasteiger charge is 2.27. The van der Waals surface area contributed by atoms with E-state index in [4.69, 9.17) is 5.73 Å². The average Bonchev–Trinajstić information content (AvgIpc) is 2.63. The molecular formula is C20H25N3O. The van der Waals surface area contributed by atoms with Gasteiger partial charge >= 0.3 is 0 Å². The second-order valence-corrected chi connectivity index (χ2v) is 6.57. The molecule has 1 saturated heterocycles. The fraction of sp³-hybridized carbons (Fsp3) is 0.350. The Morgan fingerprint density at radius 2 is 1.96 bits per heavy atom. The standard InChI is InChI=1S/C20H25N3O/c1-15-10-11-16(21)13-19(15)20(24)22(2)18-9-6-12-23(14-18)17-7-4-3-5-8-17/h3-5,7-8,10-11,13,18H,6,9,12,14,21H2,1-2H3. The third kappa shape index (κ3) is 3.37. The number of carbonyl (C=O) groups excluding carboxylic acids is 1. The molecule has 0 radical (unpaired) electrons. The molecule has 1 atom stereocenters. The minimum Gasteiger partial charge on any atom is -0.399 e. The van der Waals surface area contributed by atoms with E-state index in [-0.39, 0.29) is 11.9 Å². The Balaban J connectivity index is 1.75. The van der Waals surface area contributed by atoms with Gasteiger partial charge in [0.25, 0.3) is 5.91 Å². The van der Waals surface area contributed by atoms with Crippen LogP contribution in [0.4, 0.5) is 11.4 Å². The number of anilines is 2. The Morgan fingerprint density at radius 1 is 1.21 bits per heavy atom. The zero-order chi connectivity index (χ0) is 17.1. The summed E-state index contributed by atoms with van der Waals surface area (Å²) in [6.45, 7) is 3.87. The number of hydrogen-bond donors (Lipinski definition) is 1. The summed E-state index contributed by atoms with van der Waals surface area (Å²) in [6.07, 6.45) is 2.13. The van der Waals surface area contributed by atoms with E-state index in [1.807, 2.05) is 37.1 Å². The van der Waals surface area contributed by atoms with Gasteiger partial charge in [0.05, 0.1) is 0 Å². The van der Waals surface area contributed by atoms with Crippen LogP contribution in [0.2, 0.25) is 0 Å². The van der Waals surface area contributed by atoms with Gasteiger partial charge in [-0.05, 0) is 49.6 Å². The van der Waals surface area contributed by atoms with E-state index in [1.165, 1.54) is 5.69 Å². The van der Waals surface area contributed by atoms with Crippen LogP contribution in [0.1, 0.15) is 28.8 Å². The first-order chi connectivity index (χ1) is 11.6. The van der Waals surface area contributed by atoms with Crippen LogP contribution < -0.4 is 10.6 Å². The predicted molar refractivity (Wildman–Crippen MR) is 99.4 cm³/mol. The van der Waals surface area contributed by atoms with E-state index in [0.717, 1.165) is 31.5 Å². The molecule has 1 amide bonds. The highest BCUT2D eigenvalue weighted by atomic mass is 16.2. The molecule has 0 saturated carbocycles. The van der Waals surface area contributed by atoms with Gasteiger partial charge in [-0.2, -0.15) is 0 Å². The summed E-state index contributed by atoms with van der Waals surface area (Å²) >= 11 is 0. The summed E-state index contributed by atoms with van der Waals surface area (Å²) in [5.41, 5.74) is 9.39. The Bertz CT molecular complexity index is 714. The van der Waals surface area contributed by atoms with Gasteiger partial charge in [-0.1, -0.05) is 24.3 Å². The summed E-state index contributed by atoms with van der Waals surface area (Å²) in [4.78, 5) is 17.2. The molecule has 126 valence electrons. The van der Waals surface area contributed by atoms with E-state index in [0.29, 0.717) is 11.3 Å². The summed E-state index contributed by atoms with van der Waals surface area (Å²) in [6, 6.07) is 16.2. The average molecular weight is 323 g/mol. The molecule has 2 aromatic rings. The fourth-order valence-electron chi connectivity index (χ4n) is 3.37. The first kappa shape index (κ1) is 16.4. The lowest BCUT2D eigenvalue weighted by molar-refractivity contribution is 0.0717. The Morgan fingerprint density at radius 3 is 2.71 bits per heavy atom. The monoisotopic (exact) mass is 323 g/mol. The van der Waals surface area contributed by atoms with E-state index in [9.17, 15) is 4.79 Å². The van der Waals surface area contributed by atoms with Crippen LogP contribution in [0.3, 0.4) is 0 Å². The lowest BCUT2D eigenvalue weighted by Gasteiger charge is -2.39. The molecule has 4 heteroatoms. The summed E-state index contributed by atoms with van der Waals surface area (Å²) in [5, 5.41) is 0. The number of piperidine rings is 1. The van der Waals surface area contributed by atoms with Crippen molar-refractivity contribution in [3.05, 3.63) is 59.7 Å². The van der Waals surface area contributed by atoms with Crippen molar-refractivity contribution in [1.82, 2.24) is 4.90 Å². The maximum atomic E-state index is 12.9. The van der Waals surface area contributed by atoms with Crippen LogP contribution in [-0.2, 0) is 0 Å². The second kappa shape index (κ2) is 6.95. The van der Waals surface area contributed by atoms with Gasteiger partial charge < -0.3 is 15.5 Å². The number of hydrogen-bond acceptors (Lipinski definition) is 3. The smallest absolute Gasteiger partial charge is 0.254 e. The van der Waals surface area contributed by atoms with Crippen molar-refractivity contribution in [1.29, 1.82) is 0 Å². The van der Waals surface area contributed by atoms with E-state index >= 15 is 0 Å². The Hall–Kier alpha value is -2.49. The Kier molecular flexibility index (Phi) is 4.74. The highest BCUT2D eigenvalue weighted by molar-refractivity contribution is 5.96. The topological polar surface area (TPSA) is 49.6 Å². The minimum atomic E-state index is 0.0553. The lowest BCUT2D eigenvalue weighted by Crippen LogP contribution is -2.48. The normalized spacial score (nSPS) is 17.6. The first-order valence-electron chi connectivity index (χ1n) is 8.49. The number of amides is 1. The molecule has 1 aliphatic rings. The molecule has 0 aromatic heterocycles. The number of aryl methyl sites for hydroxylation is 1. The molecule has 0 bridgehead atoms. The fourth-order valence-corrected chi connectivity index (χ4v) is 3.37. The van der Waals surface area contributed by atoms with Crippen molar-refractivity contribution >= 4 is 17.3 Å². The molecule has 1 aliphatic heterocycles. The third-order valence-corrected chi connectivity index (χ3v) is 4.88. The van der Waals surface area contributed by atoms with Crippen LogP contribution in [0.25, 0.3) is 0 Å². The number of nitrogens with zero attached hydrogens (tertiary/aromatic N) is 2. The Labute approximate surface area is 143 Å². The maximum Gasteiger partial charge on any atom is 0.254 e. The van der Waals surface area contributed by atoms with Crippen molar-refractivity contribution in [3.8, 4) is 0 Å². The number of nitrogens with two attached hydrogens (primary N) is 1. The lowest BCUT2D eigenvalue weighted by atomic mass is 10.0. The number of para-hydroxylation sites is 1. The molecule has 0 aliphatic carbocycles. The van der Waals surface area contributed by atoms with Crippen LogP contribution in [0.5, 0.6) is 0 Å². The molecule has 2 aromatic carbocycles. The van der Waals surface area contributed by atoms with Gasteiger partial charge in [0.2, 0.25) is 0 Å². The van der Waals surface area contributed by atoms with Crippen molar-refractivity contribution in [2.24, 2.45) is 0 Å².